The molecule has 1 aromatic carbocycles. The summed E-state index contributed by atoms with van der Waals surface area (Å²) in [4.78, 5) is 12.4. The lowest BCUT2D eigenvalue weighted by molar-refractivity contribution is -0.137. The van der Waals surface area contributed by atoms with Gasteiger partial charge in [-0.3, -0.25) is 4.79 Å². The van der Waals surface area contributed by atoms with Crippen LogP contribution in [0.25, 0.3) is 0 Å². The number of carbonyl (C=O) groups excluding carboxylic acids is 1. The molecule has 0 atom stereocenters. The molecule has 0 radical (unpaired) electrons. The molecule has 0 fully saturated rings. The summed E-state index contributed by atoms with van der Waals surface area (Å²) in [6, 6.07) is 6.36. The maximum absolute atomic E-state index is 12.5. The summed E-state index contributed by atoms with van der Waals surface area (Å²) in [7, 11) is 0. The van der Waals surface area contributed by atoms with Crippen molar-refractivity contribution in [2.24, 2.45) is 0 Å². The predicted octanol–water partition coefficient (Wildman–Crippen LogP) is 4.33. The van der Waals surface area contributed by atoms with E-state index in [0.29, 0.717) is 4.88 Å². The Balaban J connectivity index is 2.21. The van der Waals surface area contributed by atoms with E-state index in [9.17, 15) is 18.0 Å². The Morgan fingerprint density at radius 1 is 1.26 bits per heavy atom. The van der Waals surface area contributed by atoms with Gasteiger partial charge >= 0.3 is 6.18 Å². The van der Waals surface area contributed by atoms with E-state index in [-0.39, 0.29) is 5.69 Å². The second-order valence-electron chi connectivity index (χ2n) is 3.97. The number of aryl methyl sites for hydroxylation is 1. The molecule has 0 aliphatic heterocycles. The first-order valence-corrected chi connectivity index (χ1v) is 6.28. The SMILES string of the molecule is Cc1ccsc1C(=O)Nc1cccc(C(F)(F)F)c1. The highest BCUT2D eigenvalue weighted by Crippen LogP contribution is 2.30. The van der Waals surface area contributed by atoms with E-state index in [1.165, 1.54) is 23.5 Å². The average Bonchev–Trinajstić information content (AvgIpc) is 2.75. The highest BCUT2D eigenvalue weighted by atomic mass is 32.1. The van der Waals surface area contributed by atoms with E-state index in [4.69, 9.17) is 0 Å². The molecule has 6 heteroatoms. The van der Waals surface area contributed by atoms with Crippen LogP contribution in [-0.2, 0) is 6.18 Å². The molecule has 2 rings (SSSR count). The number of thiophene rings is 1. The lowest BCUT2D eigenvalue weighted by Crippen LogP contribution is -2.12. The van der Waals surface area contributed by atoms with Gasteiger partial charge in [-0.1, -0.05) is 6.07 Å². The van der Waals surface area contributed by atoms with Crippen LogP contribution < -0.4 is 5.32 Å². The van der Waals surface area contributed by atoms with Gasteiger partial charge in [0.05, 0.1) is 10.4 Å². The molecular formula is C13H10F3NOS. The fourth-order valence-electron chi connectivity index (χ4n) is 1.57. The molecule has 0 aliphatic rings. The highest BCUT2D eigenvalue weighted by Gasteiger charge is 2.30. The molecule has 0 spiro atoms. The lowest BCUT2D eigenvalue weighted by atomic mass is 10.2. The Labute approximate surface area is 111 Å². The van der Waals surface area contributed by atoms with Gasteiger partial charge in [0, 0.05) is 5.69 Å². The molecule has 1 heterocycles. The zero-order chi connectivity index (χ0) is 14.0. The zero-order valence-electron chi connectivity index (χ0n) is 9.91. The fraction of sp³-hybridized carbons (Fsp3) is 0.154. The van der Waals surface area contributed by atoms with Crippen LogP contribution in [0.15, 0.2) is 35.7 Å². The average molecular weight is 285 g/mol. The summed E-state index contributed by atoms with van der Waals surface area (Å²) < 4.78 is 37.6. The third kappa shape index (κ3) is 3.14. The van der Waals surface area contributed by atoms with E-state index < -0.39 is 17.6 Å². The maximum Gasteiger partial charge on any atom is 0.416 e. The van der Waals surface area contributed by atoms with Gasteiger partial charge in [0.1, 0.15) is 0 Å². The van der Waals surface area contributed by atoms with Crippen LogP contribution in [0.1, 0.15) is 20.8 Å². The van der Waals surface area contributed by atoms with Crippen LogP contribution in [-0.4, -0.2) is 5.91 Å². The van der Waals surface area contributed by atoms with Crippen LogP contribution in [0.4, 0.5) is 18.9 Å². The molecule has 0 aliphatic carbocycles. The maximum atomic E-state index is 12.5. The fourth-order valence-corrected chi connectivity index (χ4v) is 2.39. The van der Waals surface area contributed by atoms with E-state index in [2.05, 4.69) is 5.32 Å². The van der Waals surface area contributed by atoms with Crippen molar-refractivity contribution < 1.29 is 18.0 Å². The van der Waals surface area contributed by atoms with Gasteiger partial charge in [-0.2, -0.15) is 13.2 Å². The molecule has 2 aromatic rings. The van der Waals surface area contributed by atoms with E-state index in [1.807, 2.05) is 0 Å². The van der Waals surface area contributed by atoms with Crippen molar-refractivity contribution in [2.75, 3.05) is 5.32 Å². The number of alkyl halides is 3. The van der Waals surface area contributed by atoms with E-state index in [1.54, 1.807) is 18.4 Å². The molecule has 1 aromatic heterocycles. The van der Waals surface area contributed by atoms with Crippen LogP contribution in [0.3, 0.4) is 0 Å². The van der Waals surface area contributed by atoms with E-state index in [0.717, 1.165) is 17.7 Å². The Bertz CT molecular complexity index is 604. The zero-order valence-corrected chi connectivity index (χ0v) is 10.7. The standard InChI is InChI=1S/C13H10F3NOS/c1-8-5-6-19-11(8)12(18)17-10-4-2-3-9(7-10)13(14,15)16/h2-7H,1H3,(H,17,18). The quantitative estimate of drug-likeness (QED) is 0.874. The number of carbonyl (C=O) groups is 1. The van der Waals surface area contributed by atoms with Crippen molar-refractivity contribution >= 4 is 22.9 Å². The number of hydrogen-bond donors (Lipinski definition) is 1. The minimum Gasteiger partial charge on any atom is -0.321 e. The number of benzene rings is 1. The Kier molecular flexibility index (Phi) is 3.61. The van der Waals surface area contributed by atoms with Crippen molar-refractivity contribution in [2.45, 2.75) is 13.1 Å². The van der Waals surface area contributed by atoms with Gasteiger partial charge in [0.2, 0.25) is 0 Å². The lowest BCUT2D eigenvalue weighted by Gasteiger charge is -2.09. The van der Waals surface area contributed by atoms with Crippen LogP contribution in [0, 0.1) is 6.92 Å². The van der Waals surface area contributed by atoms with Gasteiger partial charge in [-0.25, -0.2) is 0 Å². The first-order valence-electron chi connectivity index (χ1n) is 5.40. The van der Waals surface area contributed by atoms with Gasteiger partial charge in [-0.05, 0) is 42.1 Å². The molecule has 1 N–H and O–H groups in total. The minimum atomic E-state index is -4.42. The smallest absolute Gasteiger partial charge is 0.321 e. The first kappa shape index (κ1) is 13.6. The number of amides is 1. The van der Waals surface area contributed by atoms with Crippen molar-refractivity contribution in [1.29, 1.82) is 0 Å². The second kappa shape index (κ2) is 5.05. The van der Waals surface area contributed by atoms with Crippen LogP contribution >= 0.6 is 11.3 Å². The van der Waals surface area contributed by atoms with Crippen molar-refractivity contribution in [1.82, 2.24) is 0 Å². The second-order valence-corrected chi connectivity index (χ2v) is 4.88. The largest absolute Gasteiger partial charge is 0.416 e. The number of nitrogens with one attached hydrogen (secondary N) is 1. The molecule has 19 heavy (non-hydrogen) atoms. The molecule has 100 valence electrons. The third-order valence-corrected chi connectivity index (χ3v) is 3.53. The molecule has 0 saturated heterocycles. The molecule has 0 saturated carbocycles. The topological polar surface area (TPSA) is 29.1 Å². The normalized spacial score (nSPS) is 11.4. The summed E-state index contributed by atoms with van der Waals surface area (Å²) >= 11 is 1.25. The van der Waals surface area contributed by atoms with Crippen molar-refractivity contribution in [3.8, 4) is 0 Å². The van der Waals surface area contributed by atoms with Crippen molar-refractivity contribution in [3.05, 3.63) is 51.7 Å². The van der Waals surface area contributed by atoms with Gasteiger partial charge in [0.15, 0.2) is 0 Å². The third-order valence-electron chi connectivity index (χ3n) is 2.52. The van der Waals surface area contributed by atoms with Crippen LogP contribution in [0.5, 0.6) is 0 Å². The Morgan fingerprint density at radius 2 is 2.00 bits per heavy atom. The number of hydrogen-bond acceptors (Lipinski definition) is 2. The van der Waals surface area contributed by atoms with E-state index >= 15 is 0 Å². The Morgan fingerprint density at radius 3 is 2.58 bits per heavy atom. The number of halogens is 3. The summed E-state index contributed by atoms with van der Waals surface area (Å²) in [5.41, 5.74) is 0.148. The Hall–Kier alpha value is -1.82. The van der Waals surface area contributed by atoms with Gasteiger partial charge < -0.3 is 5.32 Å². The predicted molar refractivity (Wildman–Crippen MR) is 68.5 cm³/mol. The molecular weight excluding hydrogens is 275 g/mol. The summed E-state index contributed by atoms with van der Waals surface area (Å²) in [6.45, 7) is 1.78. The first-order chi connectivity index (χ1) is 8.88. The molecule has 0 unspecified atom stereocenters. The number of anilines is 1. The highest BCUT2D eigenvalue weighted by molar-refractivity contribution is 7.12. The van der Waals surface area contributed by atoms with Crippen LogP contribution in [0.2, 0.25) is 0 Å². The summed E-state index contributed by atoms with van der Waals surface area (Å²) in [5, 5.41) is 4.23. The molecule has 0 bridgehead atoms. The van der Waals surface area contributed by atoms with Crippen molar-refractivity contribution in [3.63, 3.8) is 0 Å². The monoisotopic (exact) mass is 285 g/mol. The summed E-state index contributed by atoms with van der Waals surface area (Å²) in [6.07, 6.45) is -4.42. The number of rotatable bonds is 2. The summed E-state index contributed by atoms with van der Waals surface area (Å²) in [5.74, 6) is -0.396. The van der Waals surface area contributed by atoms with Gasteiger partial charge in [0.25, 0.3) is 5.91 Å². The molecule has 1 amide bonds. The van der Waals surface area contributed by atoms with Gasteiger partial charge in [-0.15, -0.1) is 11.3 Å². The molecule has 2 nitrogen and oxygen atoms in total. The minimum absolute atomic E-state index is 0.132.